The SMILES string of the molecule is CC(=O)NCCNC(=O)CN(Cc1ccco1)Cc1cccs1. The standard InChI is InChI=1S/C16H21N3O3S/c1-13(20)17-6-7-18-16(21)12-19(10-14-4-2-8-22-14)11-15-5-3-9-23-15/h2-5,8-9H,6-7,10-12H2,1H3,(H,17,20)(H,18,21). The highest BCUT2D eigenvalue weighted by Gasteiger charge is 2.13. The molecule has 0 radical (unpaired) electrons. The number of thiophene rings is 1. The number of carbonyl (C=O) groups is 2. The van der Waals surface area contributed by atoms with Crippen LogP contribution in [0.15, 0.2) is 40.3 Å². The zero-order valence-electron chi connectivity index (χ0n) is 13.1. The molecule has 2 aromatic rings. The Morgan fingerprint density at radius 2 is 2.00 bits per heavy atom. The second kappa shape index (κ2) is 9.12. The van der Waals surface area contributed by atoms with Crippen molar-refractivity contribution in [3.05, 3.63) is 46.5 Å². The Morgan fingerprint density at radius 3 is 2.65 bits per heavy atom. The lowest BCUT2D eigenvalue weighted by molar-refractivity contribution is -0.123. The van der Waals surface area contributed by atoms with Gasteiger partial charge >= 0.3 is 0 Å². The Kier molecular flexibility index (Phi) is 6.83. The molecule has 124 valence electrons. The zero-order valence-corrected chi connectivity index (χ0v) is 13.9. The minimum atomic E-state index is -0.101. The van der Waals surface area contributed by atoms with Gasteiger partial charge in [0.2, 0.25) is 11.8 Å². The van der Waals surface area contributed by atoms with E-state index in [1.165, 1.54) is 11.8 Å². The van der Waals surface area contributed by atoms with Crippen molar-refractivity contribution in [2.24, 2.45) is 0 Å². The number of carbonyl (C=O) groups excluding carboxylic acids is 2. The fourth-order valence-corrected chi connectivity index (χ4v) is 2.86. The largest absolute Gasteiger partial charge is 0.468 e. The van der Waals surface area contributed by atoms with Crippen LogP contribution < -0.4 is 10.6 Å². The Hall–Kier alpha value is -2.12. The highest BCUT2D eigenvalue weighted by atomic mass is 32.1. The molecule has 2 aromatic heterocycles. The minimum Gasteiger partial charge on any atom is -0.468 e. The third-order valence-electron chi connectivity index (χ3n) is 3.11. The van der Waals surface area contributed by atoms with Gasteiger partial charge in [-0.05, 0) is 23.6 Å². The van der Waals surface area contributed by atoms with E-state index in [0.717, 1.165) is 5.76 Å². The molecule has 0 saturated heterocycles. The quantitative estimate of drug-likeness (QED) is 0.683. The van der Waals surface area contributed by atoms with Crippen LogP contribution >= 0.6 is 11.3 Å². The molecule has 0 spiro atoms. The van der Waals surface area contributed by atoms with E-state index in [-0.39, 0.29) is 18.4 Å². The molecule has 2 heterocycles. The number of amides is 2. The highest BCUT2D eigenvalue weighted by Crippen LogP contribution is 2.14. The number of hydrogen-bond acceptors (Lipinski definition) is 5. The van der Waals surface area contributed by atoms with E-state index in [9.17, 15) is 9.59 Å². The van der Waals surface area contributed by atoms with Crippen molar-refractivity contribution in [3.63, 3.8) is 0 Å². The second-order valence-corrected chi connectivity index (χ2v) is 6.17. The van der Waals surface area contributed by atoms with Gasteiger partial charge in [0.1, 0.15) is 5.76 Å². The second-order valence-electron chi connectivity index (χ2n) is 5.14. The summed E-state index contributed by atoms with van der Waals surface area (Å²) >= 11 is 1.66. The van der Waals surface area contributed by atoms with Crippen LogP contribution in [-0.2, 0) is 22.7 Å². The molecular weight excluding hydrogens is 314 g/mol. The average Bonchev–Trinajstić information content (AvgIpc) is 3.17. The molecule has 0 unspecified atom stereocenters. The molecule has 0 fully saturated rings. The number of furan rings is 1. The summed E-state index contributed by atoms with van der Waals surface area (Å²) in [4.78, 5) is 26.1. The molecule has 2 amide bonds. The van der Waals surface area contributed by atoms with Crippen LogP contribution in [0.5, 0.6) is 0 Å². The van der Waals surface area contributed by atoms with Gasteiger partial charge in [0.25, 0.3) is 0 Å². The van der Waals surface area contributed by atoms with E-state index < -0.39 is 0 Å². The van der Waals surface area contributed by atoms with E-state index in [0.29, 0.717) is 26.2 Å². The van der Waals surface area contributed by atoms with Gasteiger partial charge in [-0.3, -0.25) is 14.5 Å². The molecule has 2 N–H and O–H groups in total. The lowest BCUT2D eigenvalue weighted by Crippen LogP contribution is -2.39. The third kappa shape index (κ3) is 6.66. The van der Waals surface area contributed by atoms with Gasteiger partial charge in [0, 0.05) is 31.4 Å². The van der Waals surface area contributed by atoms with E-state index in [4.69, 9.17) is 4.42 Å². The van der Waals surface area contributed by atoms with Crippen LogP contribution in [0.3, 0.4) is 0 Å². The molecule has 6 nitrogen and oxygen atoms in total. The molecule has 0 atom stereocenters. The number of nitrogens with zero attached hydrogens (tertiary/aromatic N) is 1. The topological polar surface area (TPSA) is 74.6 Å². The number of nitrogens with one attached hydrogen (secondary N) is 2. The molecule has 23 heavy (non-hydrogen) atoms. The fourth-order valence-electron chi connectivity index (χ4n) is 2.11. The molecule has 0 aromatic carbocycles. The van der Waals surface area contributed by atoms with Crippen LogP contribution in [0.1, 0.15) is 17.6 Å². The van der Waals surface area contributed by atoms with Crippen molar-refractivity contribution in [2.45, 2.75) is 20.0 Å². The molecule has 2 rings (SSSR count). The van der Waals surface area contributed by atoms with Gasteiger partial charge in [0.15, 0.2) is 0 Å². The first-order valence-corrected chi connectivity index (χ1v) is 8.29. The summed E-state index contributed by atoms with van der Waals surface area (Å²) in [5, 5.41) is 7.47. The average molecular weight is 335 g/mol. The summed E-state index contributed by atoms with van der Waals surface area (Å²) < 4.78 is 5.37. The van der Waals surface area contributed by atoms with Crippen molar-refractivity contribution in [1.82, 2.24) is 15.5 Å². The van der Waals surface area contributed by atoms with Crippen molar-refractivity contribution in [2.75, 3.05) is 19.6 Å². The maximum Gasteiger partial charge on any atom is 0.234 e. The molecule has 0 aliphatic heterocycles. The monoisotopic (exact) mass is 335 g/mol. The molecule has 7 heteroatoms. The van der Waals surface area contributed by atoms with E-state index in [1.54, 1.807) is 17.6 Å². The van der Waals surface area contributed by atoms with Crippen molar-refractivity contribution in [3.8, 4) is 0 Å². The van der Waals surface area contributed by atoms with Crippen LogP contribution in [-0.4, -0.2) is 36.3 Å². The maximum atomic E-state index is 12.1. The minimum absolute atomic E-state index is 0.0709. The van der Waals surface area contributed by atoms with Crippen molar-refractivity contribution in [1.29, 1.82) is 0 Å². The Balaban J connectivity index is 1.83. The van der Waals surface area contributed by atoms with Gasteiger partial charge in [0.05, 0.1) is 19.4 Å². The summed E-state index contributed by atoms with van der Waals surface area (Å²) in [6, 6.07) is 7.79. The Labute approximate surface area is 139 Å². The molecule has 0 aliphatic carbocycles. The first-order valence-electron chi connectivity index (χ1n) is 7.42. The summed E-state index contributed by atoms with van der Waals surface area (Å²) in [7, 11) is 0. The van der Waals surface area contributed by atoms with Crippen molar-refractivity contribution < 1.29 is 14.0 Å². The predicted molar refractivity (Wildman–Crippen MR) is 88.8 cm³/mol. The molecular formula is C16H21N3O3S. The van der Waals surface area contributed by atoms with E-state index in [2.05, 4.69) is 16.7 Å². The highest BCUT2D eigenvalue weighted by molar-refractivity contribution is 7.09. The smallest absolute Gasteiger partial charge is 0.234 e. The fraction of sp³-hybridized carbons (Fsp3) is 0.375. The number of hydrogen-bond donors (Lipinski definition) is 2. The summed E-state index contributed by atoms with van der Waals surface area (Å²) in [6.45, 7) is 3.85. The Morgan fingerprint density at radius 1 is 1.17 bits per heavy atom. The van der Waals surface area contributed by atoms with Crippen LogP contribution in [0.4, 0.5) is 0 Å². The van der Waals surface area contributed by atoms with Gasteiger partial charge in [-0.1, -0.05) is 6.07 Å². The van der Waals surface area contributed by atoms with Gasteiger partial charge < -0.3 is 15.1 Å². The Bertz CT molecular complexity index is 560. The predicted octanol–water partition coefficient (Wildman–Crippen LogP) is 1.60. The maximum absolute atomic E-state index is 12.1. The lowest BCUT2D eigenvalue weighted by Gasteiger charge is -2.20. The third-order valence-corrected chi connectivity index (χ3v) is 3.97. The summed E-state index contributed by atoms with van der Waals surface area (Å²) in [6.07, 6.45) is 1.63. The molecule has 0 aliphatic rings. The van der Waals surface area contributed by atoms with Crippen LogP contribution in [0.2, 0.25) is 0 Å². The van der Waals surface area contributed by atoms with Crippen molar-refractivity contribution >= 4 is 23.2 Å². The molecule has 0 saturated carbocycles. The first kappa shape index (κ1) is 17.2. The van der Waals surface area contributed by atoms with Crippen LogP contribution in [0, 0.1) is 0 Å². The van der Waals surface area contributed by atoms with Gasteiger partial charge in [-0.2, -0.15) is 0 Å². The first-order chi connectivity index (χ1) is 11.1. The zero-order chi connectivity index (χ0) is 16.5. The van der Waals surface area contributed by atoms with E-state index >= 15 is 0 Å². The normalized spacial score (nSPS) is 10.7. The molecule has 0 bridgehead atoms. The van der Waals surface area contributed by atoms with Gasteiger partial charge in [-0.25, -0.2) is 0 Å². The summed E-state index contributed by atoms with van der Waals surface area (Å²) in [5.41, 5.74) is 0. The summed E-state index contributed by atoms with van der Waals surface area (Å²) in [5.74, 6) is 0.655. The van der Waals surface area contributed by atoms with Gasteiger partial charge in [-0.15, -0.1) is 11.3 Å². The van der Waals surface area contributed by atoms with Crippen LogP contribution in [0.25, 0.3) is 0 Å². The number of rotatable bonds is 9. The lowest BCUT2D eigenvalue weighted by atomic mass is 10.3. The van der Waals surface area contributed by atoms with E-state index in [1.807, 2.05) is 28.5 Å².